The first-order chi connectivity index (χ1) is 8.85. The number of amides is 1. The van der Waals surface area contributed by atoms with Gasteiger partial charge >= 0.3 is 12.1 Å². The van der Waals surface area contributed by atoms with Gasteiger partial charge in [-0.2, -0.15) is 0 Å². The summed E-state index contributed by atoms with van der Waals surface area (Å²) in [5.74, 6) is -0.984. The molecule has 0 atom stereocenters. The molecule has 0 unspecified atom stereocenters. The average Bonchev–Trinajstić information content (AvgIpc) is 2.36. The number of anilines is 1. The van der Waals surface area contributed by atoms with Crippen molar-refractivity contribution in [3.05, 3.63) is 24.4 Å². The van der Waals surface area contributed by atoms with E-state index in [1.807, 2.05) is 0 Å². The molecule has 0 bridgehead atoms. The van der Waals surface area contributed by atoms with E-state index in [0.717, 1.165) is 4.90 Å². The molecule has 0 aliphatic heterocycles. The van der Waals surface area contributed by atoms with E-state index < -0.39 is 24.2 Å². The van der Waals surface area contributed by atoms with Gasteiger partial charge in [-0.1, -0.05) is 6.07 Å². The van der Waals surface area contributed by atoms with Crippen LogP contribution >= 0.6 is 0 Å². The van der Waals surface area contributed by atoms with Gasteiger partial charge in [0.05, 0.1) is 0 Å². The van der Waals surface area contributed by atoms with Crippen LogP contribution in [0.3, 0.4) is 0 Å². The molecule has 98 valence electrons. The molecule has 1 aromatic rings. The van der Waals surface area contributed by atoms with Crippen LogP contribution in [0, 0.1) is 0 Å². The second kappa shape index (κ2) is 5.48. The number of hydrogen-bond donors (Lipinski definition) is 1. The first-order valence-corrected chi connectivity index (χ1v) is 5.28. The SMILES string of the molecule is [2H]CC(C)(C)OC(=O)N(CC(=O)O)c1ccccn1. The molecule has 1 aromatic heterocycles. The second-order valence-electron chi connectivity index (χ2n) is 4.30. The Hall–Kier alpha value is -2.11. The molecule has 1 rings (SSSR count). The zero-order valence-electron chi connectivity index (χ0n) is 11.3. The minimum atomic E-state index is -1.17. The molecular weight excluding hydrogens is 236 g/mol. The highest BCUT2D eigenvalue weighted by Crippen LogP contribution is 2.15. The molecule has 1 N–H and O–H groups in total. The summed E-state index contributed by atoms with van der Waals surface area (Å²) in [6, 6.07) is 4.81. The zero-order chi connectivity index (χ0) is 14.5. The third-order valence-electron chi connectivity index (χ3n) is 1.80. The molecule has 6 nitrogen and oxygen atoms in total. The molecule has 0 aromatic carbocycles. The Morgan fingerprint density at radius 2 is 2.28 bits per heavy atom. The highest BCUT2D eigenvalue weighted by molar-refractivity contribution is 5.92. The fourth-order valence-electron chi connectivity index (χ4n) is 1.18. The number of ether oxygens (including phenoxy) is 1. The van der Waals surface area contributed by atoms with Crippen LogP contribution in [-0.2, 0) is 9.53 Å². The third-order valence-corrected chi connectivity index (χ3v) is 1.80. The van der Waals surface area contributed by atoms with Crippen molar-refractivity contribution in [1.82, 2.24) is 4.98 Å². The molecule has 0 fully saturated rings. The highest BCUT2D eigenvalue weighted by Gasteiger charge is 2.25. The number of nitrogens with zero attached hydrogens (tertiary/aromatic N) is 2. The van der Waals surface area contributed by atoms with Crippen molar-refractivity contribution in [2.45, 2.75) is 26.3 Å². The lowest BCUT2D eigenvalue weighted by atomic mass is 10.2. The Morgan fingerprint density at radius 1 is 1.56 bits per heavy atom. The maximum Gasteiger partial charge on any atom is 0.416 e. The first kappa shape index (κ1) is 12.3. The number of carbonyl (C=O) groups is 2. The van der Waals surface area contributed by atoms with E-state index in [0.29, 0.717) is 0 Å². The Morgan fingerprint density at radius 3 is 2.78 bits per heavy atom. The molecule has 0 saturated heterocycles. The quantitative estimate of drug-likeness (QED) is 0.890. The van der Waals surface area contributed by atoms with Crippen molar-refractivity contribution in [2.75, 3.05) is 11.4 Å². The van der Waals surface area contributed by atoms with Gasteiger partial charge in [-0.3, -0.25) is 9.69 Å². The Labute approximate surface area is 107 Å². The summed E-state index contributed by atoms with van der Waals surface area (Å²) in [6.45, 7) is 2.48. The van der Waals surface area contributed by atoms with E-state index >= 15 is 0 Å². The summed E-state index contributed by atoms with van der Waals surface area (Å²) in [4.78, 5) is 27.6. The molecule has 0 aliphatic carbocycles. The van der Waals surface area contributed by atoms with Crippen LogP contribution < -0.4 is 4.90 Å². The normalized spacial score (nSPS) is 11.6. The molecular formula is C12H16N2O4. The van der Waals surface area contributed by atoms with E-state index in [-0.39, 0.29) is 12.7 Å². The minimum absolute atomic E-state index is 0.123. The fourth-order valence-corrected chi connectivity index (χ4v) is 1.18. The molecule has 0 saturated carbocycles. The molecule has 0 radical (unpaired) electrons. The van der Waals surface area contributed by atoms with Crippen molar-refractivity contribution in [3.63, 3.8) is 0 Å². The Bertz CT molecular complexity index is 450. The lowest BCUT2D eigenvalue weighted by molar-refractivity contribution is -0.135. The molecule has 0 aliphatic rings. The molecule has 0 spiro atoms. The highest BCUT2D eigenvalue weighted by atomic mass is 16.6. The minimum Gasteiger partial charge on any atom is -0.480 e. The van der Waals surface area contributed by atoms with Gasteiger partial charge < -0.3 is 9.84 Å². The maximum absolute atomic E-state index is 12.0. The summed E-state index contributed by atoms with van der Waals surface area (Å²) in [7, 11) is 0. The zero-order valence-corrected chi connectivity index (χ0v) is 10.3. The van der Waals surface area contributed by atoms with Crippen LogP contribution in [0.25, 0.3) is 0 Å². The number of pyridine rings is 1. The van der Waals surface area contributed by atoms with Crippen LogP contribution in [0.15, 0.2) is 24.4 Å². The average molecular weight is 253 g/mol. The van der Waals surface area contributed by atoms with Crippen molar-refractivity contribution in [2.24, 2.45) is 0 Å². The molecule has 1 amide bonds. The van der Waals surface area contributed by atoms with Gasteiger partial charge in [0.2, 0.25) is 0 Å². The fraction of sp³-hybridized carbons (Fsp3) is 0.417. The van der Waals surface area contributed by atoms with Crippen LogP contribution in [0.1, 0.15) is 22.1 Å². The first-order valence-electron chi connectivity index (χ1n) is 5.99. The number of hydrogen-bond acceptors (Lipinski definition) is 4. The van der Waals surface area contributed by atoms with E-state index in [1.165, 1.54) is 12.3 Å². The van der Waals surface area contributed by atoms with Gasteiger partial charge in [0.15, 0.2) is 0 Å². The van der Waals surface area contributed by atoms with Gasteiger partial charge in [-0.15, -0.1) is 0 Å². The molecule has 6 heteroatoms. The number of carbonyl (C=O) groups excluding carboxylic acids is 1. The summed E-state index contributed by atoms with van der Waals surface area (Å²) in [6.07, 6.45) is 0.617. The lowest BCUT2D eigenvalue weighted by Crippen LogP contribution is -2.40. The number of rotatable bonds is 3. The Kier molecular flexibility index (Phi) is 3.76. The largest absolute Gasteiger partial charge is 0.480 e. The van der Waals surface area contributed by atoms with E-state index in [4.69, 9.17) is 11.2 Å². The summed E-state index contributed by atoms with van der Waals surface area (Å²) in [5.41, 5.74) is -0.984. The van der Waals surface area contributed by atoms with Gasteiger partial charge in [0.1, 0.15) is 18.0 Å². The predicted molar refractivity (Wildman–Crippen MR) is 65.5 cm³/mol. The van der Waals surface area contributed by atoms with E-state index in [9.17, 15) is 9.59 Å². The summed E-state index contributed by atoms with van der Waals surface area (Å²) < 4.78 is 12.4. The van der Waals surface area contributed by atoms with Crippen molar-refractivity contribution >= 4 is 17.9 Å². The van der Waals surface area contributed by atoms with E-state index in [1.54, 1.807) is 26.0 Å². The van der Waals surface area contributed by atoms with Crippen LogP contribution in [-0.4, -0.2) is 34.3 Å². The van der Waals surface area contributed by atoms with Gasteiger partial charge in [0.25, 0.3) is 0 Å². The molecule has 18 heavy (non-hydrogen) atoms. The predicted octanol–water partition coefficient (Wildman–Crippen LogP) is 1.91. The molecule has 1 heterocycles. The number of aliphatic carboxylic acids is 1. The Balaban J connectivity index is 2.92. The second-order valence-corrected chi connectivity index (χ2v) is 4.30. The summed E-state index contributed by atoms with van der Waals surface area (Å²) >= 11 is 0. The van der Waals surface area contributed by atoms with Crippen molar-refractivity contribution < 1.29 is 20.8 Å². The topological polar surface area (TPSA) is 79.7 Å². The number of carboxylic acid groups (broad SMARTS) is 1. The number of aromatic nitrogens is 1. The van der Waals surface area contributed by atoms with Crippen LogP contribution in [0.4, 0.5) is 10.6 Å². The van der Waals surface area contributed by atoms with Crippen molar-refractivity contribution in [1.29, 1.82) is 0 Å². The summed E-state index contributed by atoms with van der Waals surface area (Å²) in [5, 5.41) is 8.84. The monoisotopic (exact) mass is 253 g/mol. The third kappa shape index (κ3) is 4.40. The van der Waals surface area contributed by atoms with Gasteiger partial charge in [-0.05, 0) is 32.9 Å². The standard InChI is InChI=1S/C12H16N2O4/c1-12(2,3)18-11(17)14(8-10(15)16)9-6-4-5-7-13-9/h4-7H,8H2,1-3H3,(H,15,16)/i1D. The lowest BCUT2D eigenvalue weighted by Gasteiger charge is -2.25. The van der Waals surface area contributed by atoms with E-state index in [2.05, 4.69) is 4.98 Å². The smallest absolute Gasteiger partial charge is 0.416 e. The van der Waals surface area contributed by atoms with Crippen molar-refractivity contribution in [3.8, 4) is 0 Å². The van der Waals surface area contributed by atoms with Gasteiger partial charge in [0, 0.05) is 7.57 Å². The van der Waals surface area contributed by atoms with Crippen LogP contribution in [0.2, 0.25) is 0 Å². The van der Waals surface area contributed by atoms with Crippen LogP contribution in [0.5, 0.6) is 0 Å². The van der Waals surface area contributed by atoms with Gasteiger partial charge in [-0.25, -0.2) is 9.78 Å². The number of carboxylic acids is 1. The maximum atomic E-state index is 12.0.